The molecule has 48 heavy (non-hydrogen) atoms. The number of esters is 1. The summed E-state index contributed by atoms with van der Waals surface area (Å²) in [6, 6.07) is 24.7. The fourth-order valence-corrected chi connectivity index (χ4v) is 6.92. The van der Waals surface area contributed by atoms with Crippen LogP contribution in [-0.4, -0.2) is 68.0 Å². The van der Waals surface area contributed by atoms with Gasteiger partial charge in [0.15, 0.2) is 0 Å². The number of hydrogen-bond donors (Lipinski definition) is 2. The third-order valence-electron chi connectivity index (χ3n) is 9.36. The van der Waals surface area contributed by atoms with Gasteiger partial charge in [0, 0.05) is 32.1 Å². The zero-order chi connectivity index (χ0) is 33.2. The standard InChI is InChI=1S/C38H45N3O6.H2S/c1-3-26-47-34(42)18-11-23-39-37(45)38(27-12-5-4-6-13-27)22-19-30(29-14-7-9-16-32(29)38)36(44)41-24-20-28(21-25-41)40-35(43)31-15-8-10-17-33(31)46-2;/h4-10,12-17,28,30H,3,11,18-26H2,1-2H3,(H,39,45)(H,40,43);1H2/t30-,38+;/m0./s1. The maximum Gasteiger partial charge on any atom is 0.305 e. The Kier molecular flexibility index (Phi) is 13.1. The number of methoxy groups -OCH3 is 1. The summed E-state index contributed by atoms with van der Waals surface area (Å²) in [7, 11) is 1.55. The molecule has 3 aromatic carbocycles. The minimum absolute atomic E-state index is 0. The van der Waals surface area contributed by atoms with Gasteiger partial charge >= 0.3 is 5.97 Å². The topological polar surface area (TPSA) is 114 Å². The van der Waals surface area contributed by atoms with Gasteiger partial charge in [-0.15, -0.1) is 0 Å². The van der Waals surface area contributed by atoms with Crippen LogP contribution < -0.4 is 15.4 Å². The molecule has 2 aliphatic rings. The molecule has 1 heterocycles. The molecule has 0 saturated carbocycles. The van der Waals surface area contributed by atoms with E-state index < -0.39 is 5.41 Å². The molecule has 256 valence electrons. The number of nitrogens with one attached hydrogen (secondary N) is 2. The number of ether oxygens (including phenoxy) is 2. The van der Waals surface area contributed by atoms with Crippen LogP contribution in [0.25, 0.3) is 0 Å². The number of carbonyl (C=O) groups is 4. The van der Waals surface area contributed by atoms with Gasteiger partial charge in [0.2, 0.25) is 11.8 Å². The lowest BCUT2D eigenvalue weighted by atomic mass is 9.62. The van der Waals surface area contributed by atoms with Crippen LogP contribution in [0.2, 0.25) is 0 Å². The van der Waals surface area contributed by atoms with Crippen molar-refractivity contribution in [2.24, 2.45) is 0 Å². The third kappa shape index (κ3) is 8.03. The molecule has 1 aliphatic heterocycles. The Morgan fingerprint density at radius 3 is 2.31 bits per heavy atom. The molecule has 0 radical (unpaired) electrons. The normalized spacial score (nSPS) is 18.9. The van der Waals surface area contributed by atoms with Gasteiger partial charge in [0.25, 0.3) is 5.91 Å². The van der Waals surface area contributed by atoms with Crippen LogP contribution in [0.1, 0.15) is 84.8 Å². The predicted octanol–water partition coefficient (Wildman–Crippen LogP) is 5.24. The molecule has 9 nitrogen and oxygen atoms in total. The van der Waals surface area contributed by atoms with Crippen LogP contribution in [-0.2, 0) is 24.5 Å². The fourth-order valence-electron chi connectivity index (χ4n) is 6.92. The highest BCUT2D eigenvalue weighted by atomic mass is 32.1. The zero-order valence-corrected chi connectivity index (χ0v) is 28.8. The number of carbonyl (C=O) groups excluding carboxylic acids is 4. The Morgan fingerprint density at radius 2 is 1.58 bits per heavy atom. The smallest absolute Gasteiger partial charge is 0.305 e. The van der Waals surface area contributed by atoms with E-state index in [1.807, 2.05) is 78.6 Å². The van der Waals surface area contributed by atoms with Gasteiger partial charge in [-0.3, -0.25) is 19.2 Å². The van der Waals surface area contributed by atoms with E-state index in [0.29, 0.717) is 69.7 Å². The molecule has 5 rings (SSSR count). The summed E-state index contributed by atoms with van der Waals surface area (Å²) in [4.78, 5) is 55.1. The van der Waals surface area contributed by atoms with Gasteiger partial charge in [-0.25, -0.2) is 0 Å². The van der Waals surface area contributed by atoms with Crippen molar-refractivity contribution in [3.8, 4) is 5.75 Å². The number of para-hydroxylation sites is 1. The largest absolute Gasteiger partial charge is 0.496 e. The second-order valence-corrected chi connectivity index (χ2v) is 12.3. The second kappa shape index (κ2) is 17.2. The molecule has 2 N–H and O–H groups in total. The van der Waals surface area contributed by atoms with E-state index in [1.54, 1.807) is 19.2 Å². The lowest BCUT2D eigenvalue weighted by Gasteiger charge is -2.42. The van der Waals surface area contributed by atoms with Crippen molar-refractivity contribution in [2.45, 2.75) is 69.2 Å². The predicted molar refractivity (Wildman–Crippen MR) is 190 cm³/mol. The fraction of sp³-hybridized carbons (Fsp3) is 0.421. The summed E-state index contributed by atoms with van der Waals surface area (Å²) >= 11 is 0. The van der Waals surface area contributed by atoms with E-state index in [0.717, 1.165) is 23.1 Å². The first-order chi connectivity index (χ1) is 22.9. The number of fused-ring (bicyclic) bond motifs is 1. The summed E-state index contributed by atoms with van der Waals surface area (Å²) in [5, 5.41) is 6.22. The molecule has 2 atom stereocenters. The number of benzene rings is 3. The summed E-state index contributed by atoms with van der Waals surface area (Å²) in [5.74, 6) is -0.355. The van der Waals surface area contributed by atoms with E-state index in [4.69, 9.17) is 9.47 Å². The van der Waals surface area contributed by atoms with Gasteiger partial charge in [-0.1, -0.05) is 73.7 Å². The van der Waals surface area contributed by atoms with Crippen LogP contribution in [0.15, 0.2) is 78.9 Å². The van der Waals surface area contributed by atoms with Crippen molar-refractivity contribution >= 4 is 37.2 Å². The Hall–Kier alpha value is -4.31. The van der Waals surface area contributed by atoms with Crippen LogP contribution in [0, 0.1) is 0 Å². The number of nitrogens with zero attached hydrogens (tertiary/aromatic N) is 1. The van der Waals surface area contributed by atoms with Crippen molar-refractivity contribution in [3.05, 3.63) is 101 Å². The van der Waals surface area contributed by atoms with Crippen LogP contribution >= 0.6 is 13.5 Å². The molecule has 3 amide bonds. The first-order valence-electron chi connectivity index (χ1n) is 16.7. The highest BCUT2D eigenvalue weighted by Crippen LogP contribution is 2.48. The number of hydrogen-bond acceptors (Lipinski definition) is 6. The third-order valence-corrected chi connectivity index (χ3v) is 9.36. The molecular formula is C38H47N3O6S. The number of likely N-dealkylation sites (tertiary alicyclic amines) is 1. The molecule has 0 bridgehead atoms. The summed E-state index contributed by atoms with van der Waals surface area (Å²) in [5.41, 5.74) is 2.12. The van der Waals surface area contributed by atoms with Crippen LogP contribution in [0.3, 0.4) is 0 Å². The molecule has 10 heteroatoms. The van der Waals surface area contributed by atoms with E-state index in [2.05, 4.69) is 10.6 Å². The Labute approximate surface area is 290 Å². The number of amides is 3. The number of rotatable bonds is 12. The van der Waals surface area contributed by atoms with Crippen molar-refractivity contribution < 1.29 is 28.7 Å². The summed E-state index contributed by atoms with van der Waals surface area (Å²) in [6.07, 6.45) is 3.80. The Morgan fingerprint density at radius 1 is 0.896 bits per heavy atom. The Balaban J connectivity index is 0.00000520. The molecule has 1 fully saturated rings. The first-order valence-corrected chi connectivity index (χ1v) is 16.7. The summed E-state index contributed by atoms with van der Waals surface area (Å²) in [6.45, 7) is 3.78. The molecule has 0 aromatic heterocycles. The van der Waals surface area contributed by atoms with Crippen molar-refractivity contribution in [2.75, 3.05) is 33.4 Å². The molecule has 3 aromatic rings. The summed E-state index contributed by atoms with van der Waals surface area (Å²) < 4.78 is 10.5. The quantitative estimate of drug-likeness (QED) is 0.201. The lowest BCUT2D eigenvalue weighted by molar-refractivity contribution is -0.144. The monoisotopic (exact) mass is 673 g/mol. The maximum absolute atomic E-state index is 14.2. The van der Waals surface area contributed by atoms with E-state index in [-0.39, 0.29) is 55.6 Å². The molecule has 0 unspecified atom stereocenters. The zero-order valence-electron chi connectivity index (χ0n) is 27.8. The molecule has 1 aliphatic carbocycles. The van der Waals surface area contributed by atoms with E-state index in [9.17, 15) is 19.2 Å². The van der Waals surface area contributed by atoms with Gasteiger partial charge in [-0.2, -0.15) is 13.5 Å². The Bertz CT molecular complexity index is 1560. The molecular weight excluding hydrogens is 627 g/mol. The van der Waals surface area contributed by atoms with Gasteiger partial charge in [0.05, 0.1) is 30.6 Å². The van der Waals surface area contributed by atoms with Crippen molar-refractivity contribution in [1.29, 1.82) is 0 Å². The minimum atomic E-state index is -0.965. The van der Waals surface area contributed by atoms with Crippen LogP contribution in [0.4, 0.5) is 0 Å². The lowest BCUT2D eigenvalue weighted by Crippen LogP contribution is -2.51. The van der Waals surface area contributed by atoms with E-state index >= 15 is 0 Å². The number of piperidine rings is 1. The van der Waals surface area contributed by atoms with E-state index in [1.165, 1.54) is 0 Å². The van der Waals surface area contributed by atoms with Gasteiger partial charge < -0.3 is 25.0 Å². The molecule has 0 spiro atoms. The minimum Gasteiger partial charge on any atom is -0.496 e. The van der Waals surface area contributed by atoms with Crippen molar-refractivity contribution in [1.82, 2.24) is 15.5 Å². The highest BCUT2D eigenvalue weighted by molar-refractivity contribution is 7.59. The van der Waals surface area contributed by atoms with Gasteiger partial charge in [0.1, 0.15) is 5.75 Å². The SMILES string of the molecule is CCCOC(=O)CCCNC(=O)[C@@]1(c2ccccc2)CC[C@H](C(=O)N2CCC(NC(=O)c3ccccc3OC)CC2)c2ccccc21.S. The average Bonchev–Trinajstić information content (AvgIpc) is 3.12. The van der Waals surface area contributed by atoms with Gasteiger partial charge in [-0.05, 0) is 67.3 Å². The maximum atomic E-state index is 14.2. The van der Waals surface area contributed by atoms with Crippen molar-refractivity contribution in [3.63, 3.8) is 0 Å². The highest BCUT2D eigenvalue weighted by Gasteiger charge is 2.48. The average molecular weight is 674 g/mol. The first kappa shape index (κ1) is 36.5. The van der Waals surface area contributed by atoms with Crippen LogP contribution in [0.5, 0.6) is 5.75 Å². The second-order valence-electron chi connectivity index (χ2n) is 12.3. The molecule has 1 saturated heterocycles.